The molecule has 0 aliphatic heterocycles. The lowest BCUT2D eigenvalue weighted by atomic mass is 10.1. The van der Waals surface area contributed by atoms with Crippen molar-refractivity contribution >= 4 is 11.2 Å². The molecule has 3 aromatic rings. The van der Waals surface area contributed by atoms with Gasteiger partial charge in [-0.25, -0.2) is 4.98 Å². The van der Waals surface area contributed by atoms with Gasteiger partial charge in [-0.3, -0.25) is 0 Å². The van der Waals surface area contributed by atoms with Crippen LogP contribution in [-0.2, 0) is 0 Å². The molecule has 4 heteroatoms. The summed E-state index contributed by atoms with van der Waals surface area (Å²) < 4.78 is 1.77. The van der Waals surface area contributed by atoms with Crippen LogP contribution in [0, 0.1) is 13.8 Å². The first-order valence-corrected chi connectivity index (χ1v) is 5.50. The second-order valence-electron chi connectivity index (χ2n) is 4.12. The predicted octanol–water partition coefficient (Wildman–Crippen LogP) is 2.43. The zero-order chi connectivity index (χ0) is 11.8. The number of fused-ring (bicyclic) bond motifs is 1. The molecular formula is C13H12N4. The van der Waals surface area contributed by atoms with Crippen LogP contribution in [0.5, 0.6) is 0 Å². The molecule has 0 saturated heterocycles. The Morgan fingerprint density at radius 2 is 1.94 bits per heavy atom. The third-order valence-corrected chi connectivity index (χ3v) is 2.94. The summed E-state index contributed by atoms with van der Waals surface area (Å²) in [7, 11) is 0. The van der Waals surface area contributed by atoms with Crippen molar-refractivity contribution in [2.45, 2.75) is 13.8 Å². The van der Waals surface area contributed by atoms with E-state index in [-0.39, 0.29) is 0 Å². The normalized spacial score (nSPS) is 10.9. The summed E-state index contributed by atoms with van der Waals surface area (Å²) in [5.74, 6) is 0. The quantitative estimate of drug-likeness (QED) is 0.637. The van der Waals surface area contributed by atoms with Crippen molar-refractivity contribution in [3.8, 4) is 5.69 Å². The highest BCUT2D eigenvalue weighted by Crippen LogP contribution is 2.16. The third kappa shape index (κ3) is 1.58. The molecule has 2 heterocycles. The van der Waals surface area contributed by atoms with Crippen LogP contribution in [-0.4, -0.2) is 20.0 Å². The van der Waals surface area contributed by atoms with Crippen LogP contribution in [0.15, 0.2) is 36.5 Å². The van der Waals surface area contributed by atoms with Gasteiger partial charge in [-0.15, -0.1) is 5.10 Å². The molecule has 4 nitrogen and oxygen atoms in total. The first-order chi connectivity index (χ1) is 8.25. The Bertz CT molecular complexity index is 685. The van der Waals surface area contributed by atoms with E-state index >= 15 is 0 Å². The van der Waals surface area contributed by atoms with Gasteiger partial charge in [-0.2, -0.15) is 4.68 Å². The zero-order valence-corrected chi connectivity index (χ0v) is 9.75. The van der Waals surface area contributed by atoms with E-state index in [1.54, 1.807) is 10.9 Å². The van der Waals surface area contributed by atoms with Gasteiger partial charge in [0, 0.05) is 6.20 Å². The summed E-state index contributed by atoms with van der Waals surface area (Å²) in [5, 5.41) is 8.24. The second-order valence-corrected chi connectivity index (χ2v) is 4.12. The monoisotopic (exact) mass is 224 g/mol. The Labute approximate surface area is 98.9 Å². The second kappa shape index (κ2) is 3.66. The molecule has 0 amide bonds. The Morgan fingerprint density at radius 1 is 1.06 bits per heavy atom. The van der Waals surface area contributed by atoms with E-state index in [1.165, 1.54) is 11.1 Å². The summed E-state index contributed by atoms with van der Waals surface area (Å²) in [6, 6.07) is 9.99. The maximum absolute atomic E-state index is 4.31. The molecule has 0 aliphatic rings. The van der Waals surface area contributed by atoms with E-state index in [1.807, 2.05) is 18.2 Å². The minimum Gasteiger partial charge on any atom is -0.235 e. The van der Waals surface area contributed by atoms with Gasteiger partial charge in [-0.1, -0.05) is 11.3 Å². The van der Waals surface area contributed by atoms with Gasteiger partial charge in [0.1, 0.15) is 5.52 Å². The largest absolute Gasteiger partial charge is 0.235 e. The predicted molar refractivity (Wildman–Crippen MR) is 66.1 cm³/mol. The zero-order valence-electron chi connectivity index (χ0n) is 9.75. The van der Waals surface area contributed by atoms with Crippen LogP contribution in [0.1, 0.15) is 11.1 Å². The summed E-state index contributed by atoms with van der Waals surface area (Å²) in [6.45, 7) is 4.18. The highest BCUT2D eigenvalue weighted by Gasteiger charge is 2.07. The number of hydrogen-bond donors (Lipinski definition) is 0. The van der Waals surface area contributed by atoms with E-state index in [0.29, 0.717) is 0 Å². The lowest BCUT2D eigenvalue weighted by molar-refractivity contribution is 0.816. The smallest absolute Gasteiger partial charge is 0.183 e. The molecule has 17 heavy (non-hydrogen) atoms. The SMILES string of the molecule is Cc1ccc(-n2nnc3cccnc32)cc1C. The van der Waals surface area contributed by atoms with Crippen LogP contribution >= 0.6 is 0 Å². The molecular weight excluding hydrogens is 212 g/mol. The molecule has 0 aliphatic carbocycles. The van der Waals surface area contributed by atoms with Crippen LogP contribution in [0.2, 0.25) is 0 Å². The Morgan fingerprint density at radius 3 is 2.76 bits per heavy atom. The van der Waals surface area contributed by atoms with Crippen LogP contribution in [0.4, 0.5) is 0 Å². The molecule has 2 aromatic heterocycles. The van der Waals surface area contributed by atoms with Crippen molar-refractivity contribution in [3.63, 3.8) is 0 Å². The number of nitrogens with zero attached hydrogens (tertiary/aromatic N) is 4. The lowest BCUT2D eigenvalue weighted by Gasteiger charge is -2.04. The van der Waals surface area contributed by atoms with Crippen molar-refractivity contribution < 1.29 is 0 Å². The van der Waals surface area contributed by atoms with Crippen molar-refractivity contribution in [3.05, 3.63) is 47.7 Å². The fourth-order valence-electron chi connectivity index (χ4n) is 1.80. The molecule has 84 valence electrons. The standard InChI is InChI=1S/C13H12N4/c1-9-5-6-11(8-10(9)2)17-13-12(15-16-17)4-3-7-14-13/h3-8H,1-2H3. The van der Waals surface area contributed by atoms with Gasteiger partial charge in [0.2, 0.25) is 0 Å². The number of rotatable bonds is 1. The minimum absolute atomic E-state index is 0.788. The Hall–Kier alpha value is -2.23. The van der Waals surface area contributed by atoms with Gasteiger partial charge >= 0.3 is 0 Å². The van der Waals surface area contributed by atoms with Gasteiger partial charge in [0.25, 0.3) is 0 Å². The highest BCUT2D eigenvalue weighted by atomic mass is 15.4. The van der Waals surface area contributed by atoms with Gasteiger partial charge in [0.05, 0.1) is 5.69 Å². The van der Waals surface area contributed by atoms with Gasteiger partial charge in [-0.05, 0) is 49.2 Å². The van der Waals surface area contributed by atoms with Crippen molar-refractivity contribution in [2.75, 3.05) is 0 Å². The summed E-state index contributed by atoms with van der Waals surface area (Å²) in [5.41, 5.74) is 5.10. The topological polar surface area (TPSA) is 43.6 Å². The lowest BCUT2D eigenvalue weighted by Crippen LogP contribution is -1.98. The molecule has 0 radical (unpaired) electrons. The summed E-state index contributed by atoms with van der Waals surface area (Å²) >= 11 is 0. The Balaban J connectivity index is 2.24. The molecule has 0 N–H and O–H groups in total. The molecule has 0 bridgehead atoms. The fraction of sp³-hybridized carbons (Fsp3) is 0.154. The summed E-state index contributed by atoms with van der Waals surface area (Å²) in [4.78, 5) is 4.31. The van der Waals surface area contributed by atoms with Crippen LogP contribution in [0.3, 0.4) is 0 Å². The number of aromatic nitrogens is 4. The van der Waals surface area contributed by atoms with E-state index in [4.69, 9.17) is 0 Å². The minimum atomic E-state index is 0.788. The Kier molecular flexibility index (Phi) is 2.14. The number of benzene rings is 1. The van der Waals surface area contributed by atoms with Crippen LogP contribution < -0.4 is 0 Å². The molecule has 0 atom stereocenters. The van der Waals surface area contributed by atoms with Crippen LogP contribution in [0.25, 0.3) is 16.9 Å². The summed E-state index contributed by atoms with van der Waals surface area (Å²) in [6.07, 6.45) is 1.75. The maximum Gasteiger partial charge on any atom is 0.183 e. The van der Waals surface area contributed by atoms with Gasteiger partial charge in [0.15, 0.2) is 5.65 Å². The van der Waals surface area contributed by atoms with E-state index in [9.17, 15) is 0 Å². The molecule has 0 saturated carbocycles. The first kappa shape index (κ1) is 9.96. The number of pyridine rings is 1. The maximum atomic E-state index is 4.31. The average Bonchev–Trinajstić information content (AvgIpc) is 2.76. The van der Waals surface area contributed by atoms with Gasteiger partial charge < -0.3 is 0 Å². The van der Waals surface area contributed by atoms with Crippen molar-refractivity contribution in [2.24, 2.45) is 0 Å². The molecule has 0 spiro atoms. The number of aryl methyl sites for hydroxylation is 2. The van der Waals surface area contributed by atoms with E-state index in [2.05, 4.69) is 41.3 Å². The molecule has 3 rings (SSSR count). The van der Waals surface area contributed by atoms with E-state index in [0.717, 1.165) is 16.9 Å². The van der Waals surface area contributed by atoms with Crippen molar-refractivity contribution in [1.29, 1.82) is 0 Å². The first-order valence-electron chi connectivity index (χ1n) is 5.50. The average molecular weight is 224 g/mol. The molecule has 0 unspecified atom stereocenters. The van der Waals surface area contributed by atoms with Crippen molar-refractivity contribution in [1.82, 2.24) is 20.0 Å². The molecule has 1 aromatic carbocycles. The van der Waals surface area contributed by atoms with E-state index < -0.39 is 0 Å². The molecule has 0 fully saturated rings. The highest BCUT2D eigenvalue weighted by molar-refractivity contribution is 5.71. The third-order valence-electron chi connectivity index (χ3n) is 2.94. The fourth-order valence-corrected chi connectivity index (χ4v) is 1.80. The number of hydrogen-bond acceptors (Lipinski definition) is 3.